The largest absolute Gasteiger partial charge is 0.396 e. The number of nitrogens with zero attached hydrogens (tertiary/aromatic N) is 4. The third kappa shape index (κ3) is 3.51. The number of aliphatic hydroxyl groups excluding tert-OH is 1. The van der Waals surface area contributed by atoms with Crippen molar-refractivity contribution in [1.29, 1.82) is 0 Å². The van der Waals surface area contributed by atoms with Gasteiger partial charge in [-0.15, -0.1) is 0 Å². The molecule has 1 aromatic rings. The molecule has 0 amide bonds. The van der Waals surface area contributed by atoms with Gasteiger partial charge in [0.25, 0.3) is 0 Å². The fraction of sp³-hybridized carbons (Fsp3) is 0.833. The fourth-order valence-corrected chi connectivity index (χ4v) is 2.27. The van der Waals surface area contributed by atoms with Crippen molar-refractivity contribution in [2.75, 3.05) is 26.8 Å². The van der Waals surface area contributed by atoms with Crippen molar-refractivity contribution in [2.24, 2.45) is 0 Å². The molecule has 1 aliphatic heterocycles. The van der Waals surface area contributed by atoms with E-state index in [1.807, 2.05) is 4.68 Å². The van der Waals surface area contributed by atoms with Crippen LogP contribution < -0.4 is 0 Å². The summed E-state index contributed by atoms with van der Waals surface area (Å²) in [5, 5.41) is 13.3. The predicted molar refractivity (Wildman–Crippen MR) is 66.9 cm³/mol. The molecule has 0 bridgehead atoms. The molecule has 1 aromatic heterocycles. The first-order valence-electron chi connectivity index (χ1n) is 6.58. The van der Waals surface area contributed by atoms with E-state index in [0.717, 1.165) is 37.8 Å². The second kappa shape index (κ2) is 6.82. The average Bonchev–Trinajstić information content (AvgIpc) is 2.98. The third-order valence-electron chi connectivity index (χ3n) is 3.16. The molecule has 6 nitrogen and oxygen atoms in total. The molecule has 0 spiro atoms. The van der Waals surface area contributed by atoms with Crippen LogP contribution in [0.2, 0.25) is 0 Å². The highest BCUT2D eigenvalue weighted by Crippen LogP contribution is 2.12. The van der Waals surface area contributed by atoms with Gasteiger partial charge in [0.1, 0.15) is 12.4 Å². The lowest BCUT2D eigenvalue weighted by molar-refractivity contribution is 0.177. The van der Waals surface area contributed by atoms with E-state index in [0.29, 0.717) is 13.0 Å². The quantitative estimate of drug-likeness (QED) is 0.763. The first kappa shape index (κ1) is 13.5. The Morgan fingerprint density at radius 1 is 1.33 bits per heavy atom. The zero-order valence-electron chi connectivity index (χ0n) is 11.0. The monoisotopic (exact) mass is 254 g/mol. The van der Waals surface area contributed by atoms with E-state index in [-0.39, 0.29) is 6.61 Å². The molecule has 18 heavy (non-hydrogen) atoms. The van der Waals surface area contributed by atoms with E-state index < -0.39 is 0 Å². The lowest BCUT2D eigenvalue weighted by atomic mass is 10.4. The summed E-state index contributed by atoms with van der Waals surface area (Å²) in [5.74, 6) is 1.71. The summed E-state index contributed by atoms with van der Waals surface area (Å²) in [4.78, 5) is 6.92. The Bertz CT molecular complexity index is 361. The summed E-state index contributed by atoms with van der Waals surface area (Å²) in [5.41, 5.74) is 0. The van der Waals surface area contributed by atoms with Gasteiger partial charge in [-0.3, -0.25) is 4.90 Å². The second-order valence-electron chi connectivity index (χ2n) is 4.66. The van der Waals surface area contributed by atoms with E-state index in [9.17, 15) is 0 Å². The topological polar surface area (TPSA) is 63.4 Å². The SMILES string of the molecule is COCc1nc(CN2CCCC2)n(CCCO)n1. The molecule has 0 radical (unpaired) electrons. The maximum Gasteiger partial charge on any atom is 0.176 e. The summed E-state index contributed by atoms with van der Waals surface area (Å²) in [6.07, 6.45) is 3.26. The molecule has 6 heteroatoms. The Hall–Kier alpha value is -0.980. The Balaban J connectivity index is 2.03. The molecular weight excluding hydrogens is 232 g/mol. The number of aliphatic hydroxyl groups is 1. The molecular formula is C12H22N4O2. The van der Waals surface area contributed by atoms with Crippen LogP contribution in [0.5, 0.6) is 0 Å². The summed E-state index contributed by atoms with van der Waals surface area (Å²) in [6, 6.07) is 0. The molecule has 0 atom stereocenters. The summed E-state index contributed by atoms with van der Waals surface area (Å²) in [6.45, 7) is 4.49. The molecule has 1 fully saturated rings. The Kier molecular flexibility index (Phi) is 5.10. The van der Waals surface area contributed by atoms with Gasteiger partial charge in [0.05, 0.1) is 6.54 Å². The summed E-state index contributed by atoms with van der Waals surface area (Å²) < 4.78 is 6.97. The van der Waals surface area contributed by atoms with Gasteiger partial charge >= 0.3 is 0 Å². The smallest absolute Gasteiger partial charge is 0.176 e. The minimum atomic E-state index is 0.183. The number of aromatic nitrogens is 3. The second-order valence-corrected chi connectivity index (χ2v) is 4.66. The van der Waals surface area contributed by atoms with Crippen LogP contribution in [0.4, 0.5) is 0 Å². The highest BCUT2D eigenvalue weighted by atomic mass is 16.5. The predicted octanol–water partition coefficient (Wildman–Crippen LogP) is 0.403. The minimum absolute atomic E-state index is 0.183. The van der Waals surface area contributed by atoms with E-state index in [1.165, 1.54) is 12.8 Å². The lowest BCUT2D eigenvalue weighted by Gasteiger charge is -2.14. The van der Waals surface area contributed by atoms with Crippen LogP contribution in [0, 0.1) is 0 Å². The van der Waals surface area contributed by atoms with Gasteiger partial charge < -0.3 is 9.84 Å². The number of methoxy groups -OCH3 is 1. The van der Waals surface area contributed by atoms with Crippen LogP contribution >= 0.6 is 0 Å². The molecule has 0 unspecified atom stereocenters. The highest BCUT2D eigenvalue weighted by molar-refractivity contribution is 4.93. The normalized spacial score (nSPS) is 16.6. The van der Waals surface area contributed by atoms with Crippen molar-refractivity contribution in [3.05, 3.63) is 11.6 Å². The van der Waals surface area contributed by atoms with Gasteiger partial charge in [-0.1, -0.05) is 0 Å². The van der Waals surface area contributed by atoms with Gasteiger partial charge in [0.15, 0.2) is 5.82 Å². The van der Waals surface area contributed by atoms with Crippen molar-refractivity contribution in [3.8, 4) is 0 Å². The molecule has 2 rings (SSSR count). The zero-order valence-corrected chi connectivity index (χ0v) is 11.0. The molecule has 1 N–H and O–H groups in total. The van der Waals surface area contributed by atoms with Crippen LogP contribution in [0.1, 0.15) is 30.9 Å². The van der Waals surface area contributed by atoms with Crippen molar-refractivity contribution < 1.29 is 9.84 Å². The Morgan fingerprint density at radius 3 is 2.78 bits per heavy atom. The number of hydrogen-bond donors (Lipinski definition) is 1. The first-order chi connectivity index (χ1) is 8.83. The van der Waals surface area contributed by atoms with Crippen molar-refractivity contribution in [2.45, 2.75) is 39.0 Å². The van der Waals surface area contributed by atoms with E-state index >= 15 is 0 Å². The number of rotatable bonds is 7. The van der Waals surface area contributed by atoms with E-state index in [2.05, 4.69) is 15.0 Å². The third-order valence-corrected chi connectivity index (χ3v) is 3.16. The van der Waals surface area contributed by atoms with Gasteiger partial charge in [-0.2, -0.15) is 5.10 Å². The Labute approximate surface area is 108 Å². The van der Waals surface area contributed by atoms with E-state index in [4.69, 9.17) is 9.84 Å². The molecule has 1 aliphatic rings. The summed E-state index contributed by atoms with van der Waals surface area (Å²) >= 11 is 0. The number of hydrogen-bond acceptors (Lipinski definition) is 5. The zero-order chi connectivity index (χ0) is 12.8. The highest BCUT2D eigenvalue weighted by Gasteiger charge is 2.16. The minimum Gasteiger partial charge on any atom is -0.396 e. The molecule has 0 saturated carbocycles. The van der Waals surface area contributed by atoms with Gasteiger partial charge in [0, 0.05) is 20.3 Å². The number of ether oxygens (including phenoxy) is 1. The standard InChI is InChI=1S/C12H22N4O2/c1-18-10-11-13-12(9-15-5-2-3-6-15)16(14-11)7-4-8-17/h17H,2-10H2,1H3. The van der Waals surface area contributed by atoms with Crippen LogP contribution in [0.25, 0.3) is 0 Å². The number of likely N-dealkylation sites (tertiary alicyclic amines) is 1. The molecule has 1 saturated heterocycles. The van der Waals surface area contributed by atoms with Crippen molar-refractivity contribution in [3.63, 3.8) is 0 Å². The van der Waals surface area contributed by atoms with Crippen LogP contribution in [-0.2, 0) is 24.4 Å². The van der Waals surface area contributed by atoms with Gasteiger partial charge in [-0.25, -0.2) is 9.67 Å². The number of aryl methyl sites for hydroxylation is 1. The van der Waals surface area contributed by atoms with Crippen molar-refractivity contribution >= 4 is 0 Å². The maximum atomic E-state index is 8.92. The fourth-order valence-electron chi connectivity index (χ4n) is 2.27. The van der Waals surface area contributed by atoms with Gasteiger partial charge in [0.2, 0.25) is 0 Å². The van der Waals surface area contributed by atoms with Crippen LogP contribution in [0.15, 0.2) is 0 Å². The lowest BCUT2D eigenvalue weighted by Crippen LogP contribution is -2.21. The Morgan fingerprint density at radius 2 is 2.11 bits per heavy atom. The maximum absolute atomic E-state index is 8.92. The molecule has 102 valence electrons. The van der Waals surface area contributed by atoms with Crippen molar-refractivity contribution in [1.82, 2.24) is 19.7 Å². The van der Waals surface area contributed by atoms with Crippen LogP contribution in [-0.4, -0.2) is 51.6 Å². The average molecular weight is 254 g/mol. The van der Waals surface area contributed by atoms with E-state index in [1.54, 1.807) is 7.11 Å². The van der Waals surface area contributed by atoms with Crippen LogP contribution in [0.3, 0.4) is 0 Å². The summed E-state index contributed by atoms with van der Waals surface area (Å²) in [7, 11) is 1.65. The molecule has 0 aromatic carbocycles. The molecule has 0 aliphatic carbocycles. The first-order valence-corrected chi connectivity index (χ1v) is 6.58. The van der Waals surface area contributed by atoms with Gasteiger partial charge in [-0.05, 0) is 32.4 Å². The molecule has 2 heterocycles.